The number of ether oxygens (including phenoxy) is 1. The van der Waals surface area contributed by atoms with Crippen molar-refractivity contribution in [3.05, 3.63) is 35.9 Å². The zero-order chi connectivity index (χ0) is 12.6. The Kier molecular flexibility index (Phi) is 7.48. The molecule has 0 spiro atoms. The first-order valence-corrected chi connectivity index (χ1v) is 6.47. The topological polar surface area (TPSA) is 50.4 Å². The summed E-state index contributed by atoms with van der Waals surface area (Å²) < 4.78 is 5.47. The van der Waals surface area contributed by atoms with Crippen molar-refractivity contribution < 1.29 is 9.53 Å². The lowest BCUT2D eigenvalue weighted by molar-refractivity contribution is -0.120. The van der Waals surface area contributed by atoms with Gasteiger partial charge in [0.25, 0.3) is 0 Å². The van der Waals surface area contributed by atoms with Crippen molar-refractivity contribution >= 4 is 18.3 Å². The van der Waals surface area contributed by atoms with Gasteiger partial charge in [0, 0.05) is 19.7 Å². The van der Waals surface area contributed by atoms with Crippen LogP contribution in [-0.2, 0) is 16.1 Å². The summed E-state index contributed by atoms with van der Waals surface area (Å²) in [6.07, 6.45) is 2.51. The van der Waals surface area contributed by atoms with Gasteiger partial charge in [-0.25, -0.2) is 0 Å². The molecule has 2 rings (SSSR count). The zero-order valence-electron chi connectivity index (χ0n) is 10.9. The maximum atomic E-state index is 11.6. The highest BCUT2D eigenvalue weighted by Crippen LogP contribution is 2.10. The molecule has 1 aromatic carbocycles. The van der Waals surface area contributed by atoms with Crippen LogP contribution in [0.2, 0.25) is 0 Å². The molecule has 1 amide bonds. The molecule has 1 aliphatic rings. The molecule has 19 heavy (non-hydrogen) atoms. The van der Waals surface area contributed by atoms with Gasteiger partial charge in [0.15, 0.2) is 0 Å². The van der Waals surface area contributed by atoms with Crippen LogP contribution in [0.5, 0.6) is 0 Å². The molecule has 1 saturated heterocycles. The van der Waals surface area contributed by atoms with Gasteiger partial charge in [0.1, 0.15) is 0 Å². The van der Waals surface area contributed by atoms with Crippen molar-refractivity contribution in [2.24, 2.45) is 0 Å². The van der Waals surface area contributed by atoms with Crippen LogP contribution in [-0.4, -0.2) is 31.7 Å². The van der Waals surface area contributed by atoms with Gasteiger partial charge < -0.3 is 15.4 Å². The van der Waals surface area contributed by atoms with Gasteiger partial charge in [-0.1, -0.05) is 30.3 Å². The largest absolute Gasteiger partial charge is 0.377 e. The van der Waals surface area contributed by atoms with E-state index in [0.29, 0.717) is 13.1 Å². The highest BCUT2D eigenvalue weighted by molar-refractivity contribution is 5.85. The molecule has 1 fully saturated rings. The van der Waals surface area contributed by atoms with E-state index < -0.39 is 0 Å². The first kappa shape index (κ1) is 16.0. The van der Waals surface area contributed by atoms with Crippen LogP contribution in [0.25, 0.3) is 0 Å². The van der Waals surface area contributed by atoms with Crippen molar-refractivity contribution in [2.75, 3.05) is 19.7 Å². The monoisotopic (exact) mass is 284 g/mol. The molecule has 1 aromatic rings. The highest BCUT2D eigenvalue weighted by atomic mass is 35.5. The second-order valence-corrected chi connectivity index (χ2v) is 4.53. The molecule has 0 aromatic heterocycles. The summed E-state index contributed by atoms with van der Waals surface area (Å²) in [5.74, 6) is 0.0249. The molecule has 0 saturated carbocycles. The Morgan fingerprint density at radius 3 is 2.79 bits per heavy atom. The van der Waals surface area contributed by atoms with Crippen LogP contribution < -0.4 is 10.6 Å². The van der Waals surface area contributed by atoms with E-state index in [1.807, 2.05) is 30.3 Å². The number of nitrogens with one attached hydrogen (secondary N) is 2. The standard InChI is InChI=1S/C14H20N2O2.ClH/c17-14(11-15-10-13-7-4-8-18-13)16-9-12-5-2-1-3-6-12;/h1-3,5-6,13,15H,4,7-11H2,(H,16,17);1H. The van der Waals surface area contributed by atoms with E-state index in [9.17, 15) is 4.79 Å². The van der Waals surface area contributed by atoms with Gasteiger partial charge in [-0.05, 0) is 18.4 Å². The molecular weight excluding hydrogens is 264 g/mol. The third-order valence-corrected chi connectivity index (χ3v) is 3.01. The molecule has 1 aliphatic heterocycles. The van der Waals surface area contributed by atoms with E-state index in [-0.39, 0.29) is 24.4 Å². The minimum absolute atomic E-state index is 0. The Hall–Kier alpha value is -1.10. The molecule has 5 heteroatoms. The number of rotatable bonds is 6. The number of amides is 1. The fraction of sp³-hybridized carbons (Fsp3) is 0.500. The summed E-state index contributed by atoms with van der Waals surface area (Å²) in [6, 6.07) is 9.91. The van der Waals surface area contributed by atoms with Gasteiger partial charge in [-0.2, -0.15) is 0 Å². The SMILES string of the molecule is Cl.O=C(CNCC1CCCO1)NCc1ccccc1. The third kappa shape index (κ3) is 6.05. The van der Waals surface area contributed by atoms with Crippen LogP contribution in [0.3, 0.4) is 0 Å². The summed E-state index contributed by atoms with van der Waals surface area (Å²) in [4.78, 5) is 11.6. The number of benzene rings is 1. The second-order valence-electron chi connectivity index (χ2n) is 4.53. The van der Waals surface area contributed by atoms with Crippen LogP contribution in [0.4, 0.5) is 0 Å². The van der Waals surface area contributed by atoms with Gasteiger partial charge >= 0.3 is 0 Å². The third-order valence-electron chi connectivity index (χ3n) is 3.01. The molecular formula is C14H21ClN2O2. The Labute approximate surface area is 120 Å². The van der Waals surface area contributed by atoms with Crippen molar-refractivity contribution in [1.82, 2.24) is 10.6 Å². The first-order chi connectivity index (χ1) is 8.84. The number of carbonyl (C=O) groups is 1. The molecule has 0 aliphatic carbocycles. The fourth-order valence-electron chi connectivity index (χ4n) is 2.01. The van der Waals surface area contributed by atoms with E-state index in [4.69, 9.17) is 4.74 Å². The van der Waals surface area contributed by atoms with Gasteiger partial charge in [-0.15, -0.1) is 12.4 Å². The molecule has 4 nitrogen and oxygen atoms in total. The minimum Gasteiger partial charge on any atom is -0.377 e. The number of hydrogen-bond donors (Lipinski definition) is 2. The van der Waals surface area contributed by atoms with Gasteiger partial charge in [-0.3, -0.25) is 4.79 Å². The number of hydrogen-bond acceptors (Lipinski definition) is 3. The molecule has 1 unspecified atom stereocenters. The summed E-state index contributed by atoms with van der Waals surface area (Å²) in [6.45, 7) is 2.55. The first-order valence-electron chi connectivity index (χ1n) is 6.47. The maximum Gasteiger partial charge on any atom is 0.234 e. The number of carbonyl (C=O) groups excluding carboxylic acids is 1. The minimum atomic E-state index is 0. The van der Waals surface area contributed by atoms with Crippen LogP contribution in [0.1, 0.15) is 18.4 Å². The van der Waals surface area contributed by atoms with Gasteiger partial charge in [0.2, 0.25) is 5.91 Å². The van der Waals surface area contributed by atoms with E-state index in [2.05, 4.69) is 10.6 Å². The lowest BCUT2D eigenvalue weighted by Gasteiger charge is -2.10. The predicted octanol–water partition coefficient (Wildman–Crippen LogP) is 1.49. The quantitative estimate of drug-likeness (QED) is 0.832. The molecule has 106 valence electrons. The Bertz CT molecular complexity index is 367. The number of halogens is 1. The lowest BCUT2D eigenvalue weighted by Crippen LogP contribution is -2.36. The maximum absolute atomic E-state index is 11.6. The van der Waals surface area contributed by atoms with Crippen LogP contribution in [0, 0.1) is 0 Å². The molecule has 0 bridgehead atoms. The van der Waals surface area contributed by atoms with E-state index in [1.54, 1.807) is 0 Å². The van der Waals surface area contributed by atoms with E-state index in [1.165, 1.54) is 0 Å². The normalized spacial score (nSPS) is 17.8. The Morgan fingerprint density at radius 2 is 2.11 bits per heavy atom. The summed E-state index contributed by atoms with van der Waals surface area (Å²) >= 11 is 0. The van der Waals surface area contributed by atoms with Crippen LogP contribution >= 0.6 is 12.4 Å². The fourth-order valence-corrected chi connectivity index (χ4v) is 2.01. The summed E-state index contributed by atoms with van der Waals surface area (Å²) in [5.41, 5.74) is 1.12. The van der Waals surface area contributed by atoms with E-state index in [0.717, 1.165) is 31.6 Å². The highest BCUT2D eigenvalue weighted by Gasteiger charge is 2.14. The lowest BCUT2D eigenvalue weighted by atomic mass is 10.2. The molecule has 2 N–H and O–H groups in total. The van der Waals surface area contributed by atoms with Crippen molar-refractivity contribution in [2.45, 2.75) is 25.5 Å². The van der Waals surface area contributed by atoms with Crippen molar-refractivity contribution in [1.29, 1.82) is 0 Å². The second kappa shape index (κ2) is 8.91. The molecule has 1 heterocycles. The zero-order valence-corrected chi connectivity index (χ0v) is 11.7. The predicted molar refractivity (Wildman–Crippen MR) is 77.4 cm³/mol. The smallest absolute Gasteiger partial charge is 0.234 e. The average molecular weight is 285 g/mol. The molecule has 1 atom stereocenters. The van der Waals surface area contributed by atoms with Crippen molar-refractivity contribution in [3.8, 4) is 0 Å². The van der Waals surface area contributed by atoms with Crippen LogP contribution in [0.15, 0.2) is 30.3 Å². The average Bonchev–Trinajstić information content (AvgIpc) is 2.91. The van der Waals surface area contributed by atoms with Crippen molar-refractivity contribution in [3.63, 3.8) is 0 Å². The summed E-state index contributed by atoms with van der Waals surface area (Å²) in [7, 11) is 0. The summed E-state index contributed by atoms with van der Waals surface area (Å²) in [5, 5.41) is 6.01. The van der Waals surface area contributed by atoms with Gasteiger partial charge in [0.05, 0.1) is 12.6 Å². The van der Waals surface area contributed by atoms with E-state index >= 15 is 0 Å². The Morgan fingerprint density at radius 1 is 1.32 bits per heavy atom. The Balaban J connectivity index is 0.00000180. The molecule has 0 radical (unpaired) electrons.